The molecule has 1 aliphatic rings. The van der Waals surface area contributed by atoms with Crippen LogP contribution in [0.2, 0.25) is 0 Å². The van der Waals surface area contributed by atoms with Crippen LogP contribution in [0.1, 0.15) is 94.9 Å². The zero-order valence-corrected chi connectivity index (χ0v) is 19.0. The lowest BCUT2D eigenvalue weighted by atomic mass is 9.68. The minimum absolute atomic E-state index is 0.293. The first kappa shape index (κ1) is 22.6. The van der Waals surface area contributed by atoms with Gasteiger partial charge >= 0.3 is 0 Å². The minimum atomic E-state index is 0.293. The third-order valence-corrected chi connectivity index (χ3v) is 6.78. The molecule has 0 aliphatic heterocycles. The van der Waals surface area contributed by atoms with Crippen LogP contribution in [0.15, 0.2) is 23.3 Å². The van der Waals surface area contributed by atoms with Crippen molar-refractivity contribution in [1.82, 2.24) is 0 Å². The van der Waals surface area contributed by atoms with Gasteiger partial charge in [-0.1, -0.05) is 43.6 Å². The fourth-order valence-electron chi connectivity index (χ4n) is 4.68. The van der Waals surface area contributed by atoms with Gasteiger partial charge in [-0.3, -0.25) is 0 Å². The quantitative estimate of drug-likeness (QED) is 0.280. The van der Waals surface area contributed by atoms with Gasteiger partial charge in [0, 0.05) is 0 Å². The van der Waals surface area contributed by atoms with Crippen molar-refractivity contribution in [2.24, 2.45) is 5.41 Å². The molecule has 1 aliphatic carbocycles. The third kappa shape index (κ3) is 5.43. The van der Waals surface area contributed by atoms with Gasteiger partial charge in [-0.15, -0.1) is 0 Å². The van der Waals surface area contributed by atoms with Crippen LogP contribution in [-0.4, -0.2) is 5.11 Å². The summed E-state index contributed by atoms with van der Waals surface area (Å²) in [6, 6.07) is 0. The molecule has 0 saturated carbocycles. The highest BCUT2D eigenvalue weighted by atomic mass is 16.3. The number of benzene rings is 1. The molecule has 2 nitrogen and oxygen atoms in total. The van der Waals surface area contributed by atoms with Crippen LogP contribution in [0.4, 0.5) is 5.69 Å². The van der Waals surface area contributed by atoms with E-state index >= 15 is 0 Å². The molecular weight excluding hydrogens is 342 g/mol. The van der Waals surface area contributed by atoms with Gasteiger partial charge in [-0.2, -0.15) is 0 Å². The van der Waals surface area contributed by atoms with Gasteiger partial charge in [0.1, 0.15) is 5.75 Å². The second-order valence-electron chi connectivity index (χ2n) is 9.39. The van der Waals surface area contributed by atoms with Crippen LogP contribution in [0, 0.1) is 19.3 Å². The Morgan fingerprint density at radius 1 is 1.04 bits per heavy atom. The Hall–Kier alpha value is -1.70. The van der Waals surface area contributed by atoms with Crippen molar-refractivity contribution in [3.05, 3.63) is 45.6 Å². The van der Waals surface area contributed by atoms with Crippen LogP contribution in [0.25, 0.3) is 0 Å². The second kappa shape index (κ2) is 9.67. The van der Waals surface area contributed by atoms with Gasteiger partial charge in [0.05, 0.1) is 5.69 Å². The fourth-order valence-corrected chi connectivity index (χ4v) is 4.68. The Bertz CT molecular complexity index is 756. The van der Waals surface area contributed by atoms with E-state index in [2.05, 4.69) is 46.8 Å². The van der Waals surface area contributed by atoms with Gasteiger partial charge in [0.25, 0.3) is 0 Å². The monoisotopic (exact) mass is 383 g/mol. The molecule has 0 bridgehead atoms. The zero-order chi connectivity index (χ0) is 20.9. The van der Waals surface area contributed by atoms with E-state index in [1.807, 2.05) is 6.92 Å². The van der Waals surface area contributed by atoms with E-state index in [1.165, 1.54) is 60.8 Å². The molecule has 1 atom stereocenters. The first-order valence-corrected chi connectivity index (χ1v) is 11.1. The number of allylic oxidation sites excluding steroid dienone is 4. The maximum absolute atomic E-state index is 10.3. The molecule has 0 aromatic heterocycles. The largest absolute Gasteiger partial charge is 0.505 e. The normalized spacial score (nSPS) is 20.4. The van der Waals surface area contributed by atoms with Crippen LogP contribution in [-0.2, 0) is 12.8 Å². The van der Waals surface area contributed by atoms with Crippen molar-refractivity contribution < 1.29 is 5.11 Å². The number of fused-ring (bicyclic) bond motifs is 1. The summed E-state index contributed by atoms with van der Waals surface area (Å²) < 4.78 is 0. The molecule has 28 heavy (non-hydrogen) atoms. The number of rotatable bonds is 8. The predicted octanol–water partition coefficient (Wildman–Crippen LogP) is 7.34. The summed E-state index contributed by atoms with van der Waals surface area (Å²) in [6.45, 7) is 13.3. The van der Waals surface area contributed by atoms with E-state index in [9.17, 15) is 5.11 Å². The van der Waals surface area contributed by atoms with Gasteiger partial charge < -0.3 is 10.8 Å². The SMILES string of the molecule is CCC/C(C)=C/CC/C(C)=C/CCC1(C)CCc2c(C)c(O)c(N)c(C)c2C1. The molecule has 2 heteroatoms. The van der Waals surface area contributed by atoms with E-state index in [0.29, 0.717) is 16.9 Å². The van der Waals surface area contributed by atoms with E-state index in [0.717, 1.165) is 30.4 Å². The minimum Gasteiger partial charge on any atom is -0.505 e. The Labute approximate surface area is 172 Å². The maximum atomic E-state index is 10.3. The molecule has 1 aromatic carbocycles. The predicted molar refractivity (Wildman–Crippen MR) is 123 cm³/mol. The summed E-state index contributed by atoms with van der Waals surface area (Å²) in [5, 5.41) is 10.3. The molecule has 0 amide bonds. The smallest absolute Gasteiger partial charge is 0.141 e. The van der Waals surface area contributed by atoms with Crippen LogP contribution in [0.3, 0.4) is 0 Å². The number of nitrogens with two attached hydrogens (primary N) is 1. The van der Waals surface area contributed by atoms with Gasteiger partial charge in [-0.25, -0.2) is 0 Å². The fraction of sp³-hybridized carbons (Fsp3) is 0.615. The summed E-state index contributed by atoms with van der Waals surface area (Å²) >= 11 is 0. The lowest BCUT2D eigenvalue weighted by molar-refractivity contribution is 0.256. The van der Waals surface area contributed by atoms with Gasteiger partial charge in [-0.05, 0) is 107 Å². The Morgan fingerprint density at radius 3 is 2.36 bits per heavy atom. The molecule has 1 unspecified atom stereocenters. The molecule has 0 fully saturated rings. The summed E-state index contributed by atoms with van der Waals surface area (Å²) in [7, 11) is 0. The van der Waals surface area contributed by atoms with Crippen LogP contribution < -0.4 is 5.73 Å². The number of hydrogen-bond donors (Lipinski definition) is 2. The average molecular weight is 384 g/mol. The lowest BCUT2D eigenvalue weighted by Crippen LogP contribution is -2.27. The van der Waals surface area contributed by atoms with E-state index < -0.39 is 0 Å². The Kier molecular flexibility index (Phi) is 7.80. The van der Waals surface area contributed by atoms with E-state index in [1.54, 1.807) is 0 Å². The molecule has 0 spiro atoms. The summed E-state index contributed by atoms with van der Waals surface area (Å²) in [6.07, 6.45) is 15.4. The third-order valence-electron chi connectivity index (χ3n) is 6.78. The second-order valence-corrected chi connectivity index (χ2v) is 9.39. The number of hydrogen-bond acceptors (Lipinski definition) is 2. The van der Waals surface area contributed by atoms with Crippen LogP contribution >= 0.6 is 0 Å². The molecule has 156 valence electrons. The molecule has 0 saturated heterocycles. The van der Waals surface area contributed by atoms with Crippen molar-refractivity contribution in [1.29, 1.82) is 0 Å². The Balaban J connectivity index is 1.96. The van der Waals surface area contributed by atoms with Crippen LogP contribution in [0.5, 0.6) is 5.75 Å². The molecular formula is C26H41NO. The number of aromatic hydroxyl groups is 1. The van der Waals surface area contributed by atoms with Crippen molar-refractivity contribution >= 4 is 5.69 Å². The molecule has 2 rings (SSSR count). The van der Waals surface area contributed by atoms with E-state index in [-0.39, 0.29) is 0 Å². The first-order valence-electron chi connectivity index (χ1n) is 11.1. The van der Waals surface area contributed by atoms with Gasteiger partial charge in [0.2, 0.25) is 0 Å². The summed E-state index contributed by atoms with van der Waals surface area (Å²) in [4.78, 5) is 0. The van der Waals surface area contributed by atoms with Gasteiger partial charge in [0.15, 0.2) is 0 Å². The van der Waals surface area contributed by atoms with Crippen molar-refractivity contribution in [3.8, 4) is 5.75 Å². The highest BCUT2D eigenvalue weighted by Crippen LogP contribution is 2.45. The molecule has 3 N–H and O–H groups in total. The zero-order valence-electron chi connectivity index (χ0n) is 19.0. The molecule has 0 radical (unpaired) electrons. The first-order chi connectivity index (χ1) is 13.2. The number of anilines is 1. The number of phenolic OH excluding ortho intramolecular Hbond substituents is 1. The maximum Gasteiger partial charge on any atom is 0.141 e. The van der Waals surface area contributed by atoms with Crippen molar-refractivity contribution in [2.45, 2.75) is 99.3 Å². The lowest BCUT2D eigenvalue weighted by Gasteiger charge is -2.37. The highest BCUT2D eigenvalue weighted by molar-refractivity contribution is 5.67. The highest BCUT2D eigenvalue weighted by Gasteiger charge is 2.32. The standard InChI is InChI=1S/C26H41NO/c1-7-10-18(2)11-8-12-19(3)13-9-15-26(6)16-14-22-21(5)25(28)24(27)20(4)23(22)17-26/h11,13,28H,7-10,12,14-17,27H2,1-6H3/b18-11+,19-13+. The summed E-state index contributed by atoms with van der Waals surface area (Å²) in [5.41, 5.74) is 14.9. The van der Waals surface area contributed by atoms with E-state index in [4.69, 9.17) is 5.73 Å². The number of phenols is 1. The summed E-state index contributed by atoms with van der Waals surface area (Å²) in [5.74, 6) is 0.293. The molecule has 1 aromatic rings. The average Bonchev–Trinajstić information content (AvgIpc) is 2.64. The van der Waals surface area contributed by atoms with Crippen molar-refractivity contribution in [3.63, 3.8) is 0 Å². The topological polar surface area (TPSA) is 46.2 Å². The van der Waals surface area contributed by atoms with Crippen molar-refractivity contribution in [2.75, 3.05) is 5.73 Å². The Morgan fingerprint density at radius 2 is 1.68 bits per heavy atom. The number of nitrogen functional groups attached to an aromatic ring is 1. The molecule has 0 heterocycles.